The number of pyridine rings is 1. The lowest BCUT2D eigenvalue weighted by Crippen LogP contribution is -2.21. The number of nitrogens with zero attached hydrogens (tertiary/aromatic N) is 5. The number of aromatic nitrogens is 5. The molecule has 0 unspecified atom stereocenters. The molecule has 3 heterocycles. The van der Waals surface area contributed by atoms with E-state index < -0.39 is 6.55 Å². The number of hydrogen-bond acceptors (Lipinski definition) is 4. The molecule has 8 heteroatoms. The molecule has 0 fully saturated rings. The van der Waals surface area contributed by atoms with Crippen molar-refractivity contribution in [3.63, 3.8) is 0 Å². The van der Waals surface area contributed by atoms with Gasteiger partial charge in [-0.3, -0.25) is 9.25 Å². The highest BCUT2D eigenvalue weighted by atomic mass is 19.3. The Kier molecular flexibility index (Phi) is 3.98. The van der Waals surface area contributed by atoms with Crippen LogP contribution in [-0.2, 0) is 5.54 Å². The van der Waals surface area contributed by atoms with Gasteiger partial charge in [-0.05, 0) is 33.8 Å². The van der Waals surface area contributed by atoms with Gasteiger partial charge in [-0.2, -0.15) is 13.9 Å². The summed E-state index contributed by atoms with van der Waals surface area (Å²) in [6, 6.07) is 1.67. The zero-order chi connectivity index (χ0) is 17.5. The van der Waals surface area contributed by atoms with Crippen molar-refractivity contribution in [2.24, 2.45) is 0 Å². The molecule has 3 rings (SSSR count). The van der Waals surface area contributed by atoms with Gasteiger partial charge in [0.05, 0.1) is 29.6 Å². The molecule has 0 radical (unpaired) electrons. The Labute approximate surface area is 138 Å². The predicted molar refractivity (Wildman–Crippen MR) is 86.2 cm³/mol. The van der Waals surface area contributed by atoms with E-state index in [9.17, 15) is 8.78 Å². The van der Waals surface area contributed by atoms with Gasteiger partial charge in [0.1, 0.15) is 11.8 Å². The van der Waals surface area contributed by atoms with E-state index in [1.54, 1.807) is 19.2 Å². The van der Waals surface area contributed by atoms with E-state index >= 15 is 0 Å². The standard InChI is InChI=1S/C16H19F2N5O/c1-5-24-14-13-12(19-9-22(13)15(17)18)6-11(21-14)10-7-20-23(8-10)16(2,3)4/h6-9,15H,5H2,1-4H3. The van der Waals surface area contributed by atoms with Crippen LogP contribution in [0.25, 0.3) is 22.3 Å². The summed E-state index contributed by atoms with van der Waals surface area (Å²) in [4.78, 5) is 8.46. The fourth-order valence-corrected chi connectivity index (χ4v) is 2.38. The third-order valence-corrected chi connectivity index (χ3v) is 3.58. The Morgan fingerprint density at radius 1 is 1.29 bits per heavy atom. The molecule has 0 aliphatic rings. The predicted octanol–water partition coefficient (Wildman–Crippen LogP) is 3.84. The highest BCUT2D eigenvalue weighted by Crippen LogP contribution is 2.31. The third-order valence-electron chi connectivity index (χ3n) is 3.58. The van der Waals surface area contributed by atoms with Crippen molar-refractivity contribution in [3.05, 3.63) is 24.8 Å². The molecule has 3 aromatic rings. The molecule has 3 aromatic heterocycles. The minimum Gasteiger partial charge on any atom is -0.476 e. The number of imidazole rings is 1. The molecule has 0 aliphatic heterocycles. The maximum atomic E-state index is 13.1. The Morgan fingerprint density at radius 2 is 2.04 bits per heavy atom. The first-order valence-corrected chi connectivity index (χ1v) is 7.65. The van der Waals surface area contributed by atoms with Crippen molar-refractivity contribution >= 4 is 11.0 Å². The summed E-state index contributed by atoms with van der Waals surface area (Å²) in [5.41, 5.74) is 1.80. The van der Waals surface area contributed by atoms with E-state index in [0.29, 0.717) is 17.8 Å². The van der Waals surface area contributed by atoms with Gasteiger partial charge in [0.25, 0.3) is 0 Å². The molecule has 6 nitrogen and oxygen atoms in total. The van der Waals surface area contributed by atoms with Gasteiger partial charge in [0.15, 0.2) is 0 Å². The van der Waals surface area contributed by atoms with Gasteiger partial charge >= 0.3 is 6.55 Å². The van der Waals surface area contributed by atoms with Crippen molar-refractivity contribution in [3.8, 4) is 17.1 Å². The number of hydrogen-bond donors (Lipinski definition) is 0. The first kappa shape index (κ1) is 16.4. The molecule has 0 atom stereocenters. The summed E-state index contributed by atoms with van der Waals surface area (Å²) >= 11 is 0. The summed E-state index contributed by atoms with van der Waals surface area (Å²) in [7, 11) is 0. The molecule has 0 aromatic carbocycles. The van der Waals surface area contributed by atoms with Crippen molar-refractivity contribution < 1.29 is 13.5 Å². The summed E-state index contributed by atoms with van der Waals surface area (Å²) in [5, 5.41) is 4.34. The minimum atomic E-state index is -2.70. The quantitative estimate of drug-likeness (QED) is 0.727. The second-order valence-electron chi connectivity index (χ2n) is 6.39. The molecular formula is C16H19F2N5O. The van der Waals surface area contributed by atoms with E-state index in [0.717, 1.165) is 16.5 Å². The van der Waals surface area contributed by atoms with Crippen molar-refractivity contribution in [2.75, 3.05) is 6.61 Å². The highest BCUT2D eigenvalue weighted by Gasteiger charge is 2.20. The summed E-state index contributed by atoms with van der Waals surface area (Å²) in [6.07, 6.45) is 4.66. The largest absolute Gasteiger partial charge is 0.476 e. The van der Waals surface area contributed by atoms with Crippen LogP contribution in [0.4, 0.5) is 8.78 Å². The van der Waals surface area contributed by atoms with E-state index in [2.05, 4.69) is 15.1 Å². The van der Waals surface area contributed by atoms with E-state index in [-0.39, 0.29) is 16.9 Å². The maximum Gasteiger partial charge on any atom is 0.320 e. The Hall–Kier alpha value is -2.51. The van der Waals surface area contributed by atoms with Gasteiger partial charge in [0.2, 0.25) is 5.88 Å². The average molecular weight is 335 g/mol. The summed E-state index contributed by atoms with van der Waals surface area (Å²) in [5.74, 6) is 0.145. The van der Waals surface area contributed by atoms with Gasteiger partial charge in [0, 0.05) is 11.8 Å². The third kappa shape index (κ3) is 2.83. The van der Waals surface area contributed by atoms with Crippen LogP contribution in [0.3, 0.4) is 0 Å². The molecule has 128 valence electrons. The molecule has 0 amide bonds. The normalized spacial score (nSPS) is 12.3. The molecule has 24 heavy (non-hydrogen) atoms. The van der Waals surface area contributed by atoms with Gasteiger partial charge in [-0.25, -0.2) is 9.97 Å². The second kappa shape index (κ2) is 5.85. The van der Waals surface area contributed by atoms with Gasteiger partial charge in [-0.1, -0.05) is 0 Å². The zero-order valence-corrected chi connectivity index (χ0v) is 14.0. The fourth-order valence-electron chi connectivity index (χ4n) is 2.38. The van der Waals surface area contributed by atoms with Crippen LogP contribution >= 0.6 is 0 Å². The molecule has 0 bridgehead atoms. The van der Waals surface area contributed by atoms with E-state index in [4.69, 9.17) is 4.74 Å². The smallest absolute Gasteiger partial charge is 0.320 e. The number of alkyl halides is 2. The minimum absolute atomic E-state index is 0.145. The molecule has 0 saturated carbocycles. The molecular weight excluding hydrogens is 316 g/mol. The van der Waals surface area contributed by atoms with Crippen LogP contribution in [0.1, 0.15) is 34.2 Å². The van der Waals surface area contributed by atoms with Crippen LogP contribution in [0.2, 0.25) is 0 Å². The van der Waals surface area contributed by atoms with E-state index in [1.807, 2.05) is 31.6 Å². The first-order chi connectivity index (χ1) is 11.3. The van der Waals surface area contributed by atoms with Crippen LogP contribution in [0.15, 0.2) is 24.8 Å². The molecule has 0 N–H and O–H groups in total. The topological polar surface area (TPSA) is 57.8 Å². The number of fused-ring (bicyclic) bond motifs is 1. The lowest BCUT2D eigenvalue weighted by atomic mass is 10.1. The number of halogens is 2. The van der Waals surface area contributed by atoms with Crippen molar-refractivity contribution in [1.29, 1.82) is 0 Å². The fraction of sp³-hybridized carbons (Fsp3) is 0.438. The zero-order valence-electron chi connectivity index (χ0n) is 14.0. The molecule has 0 aliphatic carbocycles. The van der Waals surface area contributed by atoms with Crippen LogP contribution in [0, 0.1) is 0 Å². The number of ether oxygens (including phenoxy) is 1. The first-order valence-electron chi connectivity index (χ1n) is 7.65. The van der Waals surface area contributed by atoms with Crippen LogP contribution in [-0.4, -0.2) is 30.9 Å². The summed E-state index contributed by atoms with van der Waals surface area (Å²) < 4.78 is 34.3. The summed E-state index contributed by atoms with van der Waals surface area (Å²) in [6.45, 7) is 5.51. The van der Waals surface area contributed by atoms with Gasteiger partial charge in [-0.15, -0.1) is 0 Å². The second-order valence-corrected chi connectivity index (χ2v) is 6.39. The van der Waals surface area contributed by atoms with Crippen LogP contribution < -0.4 is 4.74 Å². The highest BCUT2D eigenvalue weighted by molar-refractivity contribution is 5.84. The monoisotopic (exact) mass is 335 g/mol. The van der Waals surface area contributed by atoms with Gasteiger partial charge < -0.3 is 4.74 Å². The molecule has 0 spiro atoms. The lowest BCUT2D eigenvalue weighted by molar-refractivity contribution is 0.0740. The lowest BCUT2D eigenvalue weighted by Gasteiger charge is -2.18. The maximum absolute atomic E-state index is 13.1. The van der Waals surface area contributed by atoms with E-state index in [1.165, 1.54) is 0 Å². The van der Waals surface area contributed by atoms with Crippen molar-refractivity contribution in [2.45, 2.75) is 39.8 Å². The SMILES string of the molecule is CCOc1nc(-c2cnn(C(C)(C)C)c2)cc2ncn(C(F)F)c12. The Bertz CT molecular complexity index is 863. The Morgan fingerprint density at radius 3 is 2.62 bits per heavy atom. The number of rotatable bonds is 4. The molecule has 0 saturated heterocycles. The van der Waals surface area contributed by atoms with Crippen molar-refractivity contribution in [1.82, 2.24) is 24.3 Å². The Balaban J connectivity index is 2.14. The average Bonchev–Trinajstić information content (AvgIpc) is 3.14. The van der Waals surface area contributed by atoms with Crippen LogP contribution in [0.5, 0.6) is 5.88 Å².